The summed E-state index contributed by atoms with van der Waals surface area (Å²) in [5.41, 5.74) is 2.70. The average molecular weight is 281 g/mol. The SMILES string of the molecule is O=c1cc(NC2CCCc3ccccc32)nc(C2CC2)[nH]1. The van der Waals surface area contributed by atoms with Crippen LogP contribution in [-0.4, -0.2) is 9.97 Å². The van der Waals surface area contributed by atoms with Crippen LogP contribution in [0, 0.1) is 0 Å². The van der Waals surface area contributed by atoms with Crippen LogP contribution in [0.2, 0.25) is 0 Å². The Balaban J connectivity index is 1.63. The van der Waals surface area contributed by atoms with Crippen molar-refractivity contribution in [1.29, 1.82) is 0 Å². The zero-order valence-corrected chi connectivity index (χ0v) is 11.9. The van der Waals surface area contributed by atoms with Crippen molar-refractivity contribution in [3.05, 3.63) is 57.6 Å². The molecule has 1 heterocycles. The summed E-state index contributed by atoms with van der Waals surface area (Å²) < 4.78 is 0. The zero-order valence-electron chi connectivity index (χ0n) is 11.9. The summed E-state index contributed by atoms with van der Waals surface area (Å²) in [6.45, 7) is 0. The largest absolute Gasteiger partial charge is 0.363 e. The Labute approximate surface area is 123 Å². The summed E-state index contributed by atoms with van der Waals surface area (Å²) in [6, 6.07) is 10.4. The zero-order chi connectivity index (χ0) is 14.2. The van der Waals surface area contributed by atoms with Gasteiger partial charge in [0, 0.05) is 12.0 Å². The highest BCUT2D eigenvalue weighted by molar-refractivity contribution is 5.42. The van der Waals surface area contributed by atoms with Gasteiger partial charge in [0.25, 0.3) is 5.56 Å². The molecule has 1 atom stereocenters. The van der Waals surface area contributed by atoms with Crippen LogP contribution in [0.4, 0.5) is 5.82 Å². The molecule has 1 saturated carbocycles. The number of hydrogen-bond donors (Lipinski definition) is 2. The summed E-state index contributed by atoms with van der Waals surface area (Å²) >= 11 is 0. The number of aryl methyl sites for hydroxylation is 1. The summed E-state index contributed by atoms with van der Waals surface area (Å²) in [5, 5.41) is 3.47. The normalized spacial score (nSPS) is 20.9. The van der Waals surface area contributed by atoms with Gasteiger partial charge in [-0.2, -0.15) is 0 Å². The molecule has 0 saturated heterocycles. The Morgan fingerprint density at radius 3 is 2.90 bits per heavy atom. The van der Waals surface area contributed by atoms with E-state index < -0.39 is 0 Å². The Bertz CT molecular complexity index is 718. The van der Waals surface area contributed by atoms with Crippen molar-refractivity contribution >= 4 is 5.82 Å². The first kappa shape index (κ1) is 12.6. The highest BCUT2D eigenvalue weighted by Gasteiger charge is 2.27. The van der Waals surface area contributed by atoms with Crippen molar-refractivity contribution in [2.24, 2.45) is 0 Å². The van der Waals surface area contributed by atoms with E-state index in [0.29, 0.717) is 11.7 Å². The molecule has 1 fully saturated rings. The Morgan fingerprint density at radius 2 is 2.05 bits per heavy atom. The topological polar surface area (TPSA) is 57.8 Å². The van der Waals surface area contributed by atoms with E-state index in [4.69, 9.17) is 0 Å². The van der Waals surface area contributed by atoms with E-state index in [9.17, 15) is 4.79 Å². The highest BCUT2D eigenvalue weighted by atomic mass is 16.1. The number of anilines is 1. The number of benzene rings is 1. The van der Waals surface area contributed by atoms with Gasteiger partial charge in [-0.15, -0.1) is 0 Å². The Morgan fingerprint density at radius 1 is 1.19 bits per heavy atom. The van der Waals surface area contributed by atoms with Gasteiger partial charge < -0.3 is 10.3 Å². The van der Waals surface area contributed by atoms with E-state index in [1.54, 1.807) is 6.07 Å². The lowest BCUT2D eigenvalue weighted by Crippen LogP contribution is -2.20. The summed E-state index contributed by atoms with van der Waals surface area (Å²) in [6.07, 6.45) is 5.68. The van der Waals surface area contributed by atoms with E-state index in [1.165, 1.54) is 17.5 Å². The second-order valence-corrected chi connectivity index (χ2v) is 6.08. The molecule has 2 N–H and O–H groups in total. The van der Waals surface area contributed by atoms with Gasteiger partial charge in [0.1, 0.15) is 11.6 Å². The molecule has 1 unspecified atom stereocenters. The van der Waals surface area contributed by atoms with Gasteiger partial charge in [-0.05, 0) is 43.2 Å². The van der Waals surface area contributed by atoms with Crippen LogP contribution >= 0.6 is 0 Å². The van der Waals surface area contributed by atoms with E-state index >= 15 is 0 Å². The van der Waals surface area contributed by atoms with Crippen molar-refractivity contribution in [2.75, 3.05) is 5.32 Å². The van der Waals surface area contributed by atoms with Gasteiger partial charge in [0.15, 0.2) is 0 Å². The molecule has 108 valence electrons. The quantitative estimate of drug-likeness (QED) is 0.908. The number of rotatable bonds is 3. The maximum Gasteiger partial charge on any atom is 0.252 e. The maximum atomic E-state index is 11.8. The number of H-pyrrole nitrogens is 1. The molecule has 4 heteroatoms. The molecule has 2 aliphatic carbocycles. The number of nitrogens with zero attached hydrogens (tertiary/aromatic N) is 1. The third-order valence-corrected chi connectivity index (χ3v) is 4.42. The van der Waals surface area contributed by atoms with E-state index in [0.717, 1.165) is 31.5 Å². The number of nitrogens with one attached hydrogen (secondary N) is 2. The van der Waals surface area contributed by atoms with E-state index in [-0.39, 0.29) is 11.6 Å². The summed E-state index contributed by atoms with van der Waals surface area (Å²) in [5.74, 6) is 2.01. The van der Waals surface area contributed by atoms with Gasteiger partial charge >= 0.3 is 0 Å². The molecule has 0 radical (unpaired) electrons. The predicted octanol–water partition coefficient (Wildman–Crippen LogP) is 3.14. The molecule has 2 aromatic rings. The fraction of sp³-hybridized carbons (Fsp3) is 0.412. The van der Waals surface area contributed by atoms with Crippen molar-refractivity contribution < 1.29 is 0 Å². The minimum atomic E-state index is -0.0569. The highest BCUT2D eigenvalue weighted by Crippen LogP contribution is 2.38. The first-order chi connectivity index (χ1) is 10.3. The molecule has 4 nitrogen and oxygen atoms in total. The third-order valence-electron chi connectivity index (χ3n) is 4.42. The molecule has 21 heavy (non-hydrogen) atoms. The van der Waals surface area contributed by atoms with Gasteiger partial charge in [0.2, 0.25) is 0 Å². The molecule has 0 spiro atoms. The number of aromatic amines is 1. The van der Waals surface area contributed by atoms with Gasteiger partial charge in [-0.1, -0.05) is 24.3 Å². The minimum Gasteiger partial charge on any atom is -0.363 e. The molecule has 1 aromatic heterocycles. The monoisotopic (exact) mass is 281 g/mol. The lowest BCUT2D eigenvalue weighted by Gasteiger charge is -2.26. The molecule has 0 bridgehead atoms. The number of aromatic nitrogens is 2. The van der Waals surface area contributed by atoms with Crippen molar-refractivity contribution in [3.63, 3.8) is 0 Å². The van der Waals surface area contributed by atoms with Crippen LogP contribution in [0.15, 0.2) is 35.1 Å². The summed E-state index contributed by atoms with van der Waals surface area (Å²) in [4.78, 5) is 19.3. The first-order valence-electron chi connectivity index (χ1n) is 7.75. The lowest BCUT2D eigenvalue weighted by molar-refractivity contribution is 0.598. The van der Waals surface area contributed by atoms with Crippen LogP contribution < -0.4 is 10.9 Å². The maximum absolute atomic E-state index is 11.8. The third kappa shape index (κ3) is 2.58. The van der Waals surface area contributed by atoms with Crippen molar-refractivity contribution in [2.45, 2.75) is 44.1 Å². The minimum absolute atomic E-state index is 0.0569. The number of fused-ring (bicyclic) bond motifs is 1. The van der Waals surface area contributed by atoms with Gasteiger partial charge in [0.05, 0.1) is 6.04 Å². The fourth-order valence-electron chi connectivity index (χ4n) is 3.18. The molecule has 1 aromatic carbocycles. The van der Waals surface area contributed by atoms with Crippen molar-refractivity contribution in [3.8, 4) is 0 Å². The standard InChI is InChI=1S/C17H19N3O/c21-16-10-15(19-17(20-16)12-8-9-12)18-14-7-3-5-11-4-1-2-6-13(11)14/h1-2,4,6,10,12,14H,3,5,7-9H2,(H2,18,19,20,21). The smallest absolute Gasteiger partial charge is 0.252 e. The van der Waals surface area contributed by atoms with Crippen LogP contribution in [0.25, 0.3) is 0 Å². The van der Waals surface area contributed by atoms with Crippen LogP contribution in [0.3, 0.4) is 0 Å². The van der Waals surface area contributed by atoms with E-state index in [2.05, 4.69) is 39.6 Å². The molecule has 4 rings (SSSR count). The van der Waals surface area contributed by atoms with Crippen LogP contribution in [0.1, 0.15) is 54.6 Å². The fourth-order valence-corrected chi connectivity index (χ4v) is 3.18. The lowest BCUT2D eigenvalue weighted by atomic mass is 9.88. The average Bonchev–Trinajstić information content (AvgIpc) is 3.32. The van der Waals surface area contributed by atoms with Crippen LogP contribution in [0.5, 0.6) is 0 Å². The number of hydrogen-bond acceptors (Lipinski definition) is 3. The molecule has 2 aliphatic rings. The summed E-state index contributed by atoms with van der Waals surface area (Å²) in [7, 11) is 0. The second kappa shape index (κ2) is 5.02. The molecular weight excluding hydrogens is 262 g/mol. The van der Waals surface area contributed by atoms with Crippen molar-refractivity contribution in [1.82, 2.24) is 9.97 Å². The molecule has 0 aliphatic heterocycles. The first-order valence-corrected chi connectivity index (χ1v) is 7.75. The second-order valence-electron chi connectivity index (χ2n) is 6.08. The Hall–Kier alpha value is -2.10. The molecule has 0 amide bonds. The predicted molar refractivity (Wildman–Crippen MR) is 82.6 cm³/mol. The van der Waals surface area contributed by atoms with Gasteiger partial charge in [-0.25, -0.2) is 4.98 Å². The van der Waals surface area contributed by atoms with Gasteiger partial charge in [-0.3, -0.25) is 4.79 Å². The Kier molecular flexibility index (Phi) is 3.02. The van der Waals surface area contributed by atoms with E-state index in [1.807, 2.05) is 0 Å². The molecular formula is C17H19N3O. The van der Waals surface area contributed by atoms with Crippen LogP contribution in [-0.2, 0) is 6.42 Å².